The van der Waals surface area contributed by atoms with Crippen LogP contribution in [0.2, 0.25) is 0 Å². The number of nitrogens with one attached hydrogen (secondary N) is 1. The van der Waals surface area contributed by atoms with E-state index < -0.39 is 18.3 Å². The topological polar surface area (TPSA) is 29.1 Å². The Kier molecular flexibility index (Phi) is 3.25. The summed E-state index contributed by atoms with van der Waals surface area (Å²) in [5.74, 6) is -3.47. The maximum absolute atomic E-state index is 12.3. The predicted octanol–water partition coefficient (Wildman–Crippen LogP) is 1.17. The van der Waals surface area contributed by atoms with Gasteiger partial charge in [0.1, 0.15) is 0 Å². The van der Waals surface area contributed by atoms with Crippen molar-refractivity contribution in [2.75, 3.05) is 7.05 Å². The molecule has 0 aliphatic carbocycles. The molecule has 0 aromatic carbocycles. The molecule has 0 aromatic heterocycles. The smallest absolute Gasteiger partial charge is 0.256 e. The fourth-order valence-electron chi connectivity index (χ4n) is 0.448. The number of alkyl halides is 2. The van der Waals surface area contributed by atoms with Gasteiger partial charge in [-0.25, -0.2) is 8.78 Å². The lowest BCUT2D eigenvalue weighted by Crippen LogP contribution is -2.27. The lowest BCUT2D eigenvalue weighted by Gasteiger charge is -2.11. The molecule has 0 spiro atoms. The van der Waals surface area contributed by atoms with Crippen molar-refractivity contribution in [3.63, 3.8) is 0 Å². The van der Waals surface area contributed by atoms with Gasteiger partial charge in [-0.05, 0) is 0 Å². The van der Waals surface area contributed by atoms with E-state index in [0.717, 1.165) is 0 Å². The van der Waals surface area contributed by atoms with Crippen LogP contribution in [0.15, 0.2) is 0 Å². The van der Waals surface area contributed by atoms with Crippen LogP contribution in [0.5, 0.6) is 0 Å². The minimum Gasteiger partial charge on any atom is -0.359 e. The molecule has 1 amide bonds. The molecule has 0 aromatic rings. The van der Waals surface area contributed by atoms with E-state index in [1.54, 1.807) is 0 Å². The summed E-state index contributed by atoms with van der Waals surface area (Å²) in [6.45, 7) is 1.35. The van der Waals surface area contributed by atoms with E-state index in [1.165, 1.54) is 14.0 Å². The van der Waals surface area contributed by atoms with Crippen molar-refractivity contribution in [3.8, 4) is 0 Å². The first-order valence-electron chi connectivity index (χ1n) is 3.10. The van der Waals surface area contributed by atoms with Gasteiger partial charge in [0.25, 0.3) is 5.92 Å². The standard InChI is InChI=1S/C6H11F2NO/c1-3-6(7,8)4-5(10)9-2/h3-4H2,1-2H3,(H,9,10). The highest BCUT2D eigenvalue weighted by molar-refractivity contribution is 5.76. The third-order valence-corrected chi connectivity index (χ3v) is 1.22. The van der Waals surface area contributed by atoms with Gasteiger partial charge < -0.3 is 5.32 Å². The molecule has 0 rings (SSSR count). The second kappa shape index (κ2) is 3.49. The molecule has 0 atom stereocenters. The monoisotopic (exact) mass is 151 g/mol. The van der Waals surface area contributed by atoms with Gasteiger partial charge in [-0.3, -0.25) is 4.79 Å². The summed E-state index contributed by atoms with van der Waals surface area (Å²) in [5, 5.41) is 2.14. The number of carbonyl (C=O) groups excluding carboxylic acids is 1. The third-order valence-electron chi connectivity index (χ3n) is 1.22. The van der Waals surface area contributed by atoms with E-state index in [2.05, 4.69) is 5.32 Å². The molecule has 1 N–H and O–H groups in total. The lowest BCUT2D eigenvalue weighted by atomic mass is 10.2. The van der Waals surface area contributed by atoms with E-state index >= 15 is 0 Å². The van der Waals surface area contributed by atoms with Crippen LogP contribution in [-0.2, 0) is 4.79 Å². The molecule has 2 nitrogen and oxygen atoms in total. The van der Waals surface area contributed by atoms with Gasteiger partial charge in [0, 0.05) is 13.5 Å². The van der Waals surface area contributed by atoms with E-state index in [9.17, 15) is 13.6 Å². The molecule has 0 radical (unpaired) electrons. The Morgan fingerprint density at radius 2 is 2.10 bits per heavy atom. The molecule has 10 heavy (non-hydrogen) atoms. The molecular weight excluding hydrogens is 140 g/mol. The number of amides is 1. The van der Waals surface area contributed by atoms with Crippen LogP contribution in [0.25, 0.3) is 0 Å². The van der Waals surface area contributed by atoms with Crippen LogP contribution < -0.4 is 5.32 Å². The molecule has 0 saturated carbocycles. The molecule has 60 valence electrons. The van der Waals surface area contributed by atoms with Gasteiger partial charge in [-0.1, -0.05) is 6.92 Å². The number of hydrogen-bond acceptors (Lipinski definition) is 1. The van der Waals surface area contributed by atoms with Crippen molar-refractivity contribution in [2.45, 2.75) is 25.7 Å². The molecule has 0 unspecified atom stereocenters. The summed E-state index contributed by atoms with van der Waals surface area (Å²) in [5.41, 5.74) is 0. The van der Waals surface area contributed by atoms with E-state index in [4.69, 9.17) is 0 Å². The van der Waals surface area contributed by atoms with Gasteiger partial charge in [0.05, 0.1) is 6.42 Å². The number of rotatable bonds is 3. The van der Waals surface area contributed by atoms with Gasteiger partial charge in [0.2, 0.25) is 5.91 Å². The summed E-state index contributed by atoms with van der Waals surface area (Å²) < 4.78 is 24.7. The number of hydrogen-bond donors (Lipinski definition) is 1. The molecule has 0 heterocycles. The van der Waals surface area contributed by atoms with Gasteiger partial charge in [0.15, 0.2) is 0 Å². The second-order valence-corrected chi connectivity index (χ2v) is 2.06. The van der Waals surface area contributed by atoms with Crippen molar-refractivity contribution < 1.29 is 13.6 Å². The third kappa shape index (κ3) is 3.37. The van der Waals surface area contributed by atoms with Crippen LogP contribution in [0.4, 0.5) is 8.78 Å². The van der Waals surface area contributed by atoms with E-state index in [1.807, 2.05) is 0 Å². The first kappa shape index (κ1) is 9.33. The number of carbonyl (C=O) groups is 1. The Labute approximate surface area is 58.6 Å². The summed E-state index contributed by atoms with van der Waals surface area (Å²) in [6, 6.07) is 0. The van der Waals surface area contributed by atoms with Crippen LogP contribution in [0, 0.1) is 0 Å². The zero-order valence-electron chi connectivity index (χ0n) is 6.08. The SMILES string of the molecule is CCC(F)(F)CC(=O)NC. The highest BCUT2D eigenvalue weighted by Gasteiger charge is 2.28. The fraction of sp³-hybridized carbons (Fsp3) is 0.833. The molecule has 0 saturated heterocycles. The van der Waals surface area contributed by atoms with Crippen molar-refractivity contribution in [1.82, 2.24) is 5.32 Å². The average molecular weight is 151 g/mol. The first-order valence-corrected chi connectivity index (χ1v) is 3.10. The highest BCUT2D eigenvalue weighted by atomic mass is 19.3. The van der Waals surface area contributed by atoms with E-state index in [-0.39, 0.29) is 6.42 Å². The average Bonchev–Trinajstić information content (AvgIpc) is 1.87. The Morgan fingerprint density at radius 1 is 1.60 bits per heavy atom. The first-order chi connectivity index (χ1) is 4.52. The maximum Gasteiger partial charge on any atom is 0.256 e. The summed E-state index contributed by atoms with van der Waals surface area (Å²) in [6.07, 6.45) is -1.000. The quantitative estimate of drug-likeness (QED) is 0.644. The predicted molar refractivity (Wildman–Crippen MR) is 33.9 cm³/mol. The lowest BCUT2D eigenvalue weighted by molar-refractivity contribution is -0.128. The zero-order chi connectivity index (χ0) is 8.20. The minimum absolute atomic E-state index is 0.291. The molecule has 0 bridgehead atoms. The van der Waals surface area contributed by atoms with Crippen molar-refractivity contribution >= 4 is 5.91 Å². The van der Waals surface area contributed by atoms with Crippen LogP contribution in [0.1, 0.15) is 19.8 Å². The molecule has 4 heteroatoms. The molecule has 0 aliphatic rings. The zero-order valence-corrected chi connectivity index (χ0v) is 6.08. The normalized spacial score (nSPS) is 11.2. The largest absolute Gasteiger partial charge is 0.359 e. The van der Waals surface area contributed by atoms with Crippen molar-refractivity contribution in [3.05, 3.63) is 0 Å². The Hall–Kier alpha value is -0.670. The van der Waals surface area contributed by atoms with Crippen LogP contribution in [-0.4, -0.2) is 18.9 Å². The van der Waals surface area contributed by atoms with Crippen molar-refractivity contribution in [1.29, 1.82) is 0 Å². The van der Waals surface area contributed by atoms with Crippen LogP contribution >= 0.6 is 0 Å². The molecular formula is C6H11F2NO. The summed E-state index contributed by atoms with van der Waals surface area (Å²) in [4.78, 5) is 10.4. The Bertz CT molecular complexity index is 125. The summed E-state index contributed by atoms with van der Waals surface area (Å²) in [7, 11) is 1.34. The Balaban J connectivity index is 3.76. The van der Waals surface area contributed by atoms with Gasteiger partial charge >= 0.3 is 0 Å². The van der Waals surface area contributed by atoms with E-state index in [0.29, 0.717) is 0 Å². The highest BCUT2D eigenvalue weighted by Crippen LogP contribution is 2.21. The van der Waals surface area contributed by atoms with Gasteiger partial charge in [-0.15, -0.1) is 0 Å². The van der Waals surface area contributed by atoms with Gasteiger partial charge in [-0.2, -0.15) is 0 Å². The van der Waals surface area contributed by atoms with Crippen LogP contribution in [0.3, 0.4) is 0 Å². The fourth-order valence-corrected chi connectivity index (χ4v) is 0.448. The Morgan fingerprint density at radius 3 is 2.40 bits per heavy atom. The molecule has 0 aliphatic heterocycles. The second-order valence-electron chi connectivity index (χ2n) is 2.06. The molecule has 0 fully saturated rings. The number of halogens is 2. The summed E-state index contributed by atoms with van der Waals surface area (Å²) >= 11 is 0. The maximum atomic E-state index is 12.3. The van der Waals surface area contributed by atoms with Crippen molar-refractivity contribution in [2.24, 2.45) is 0 Å². The minimum atomic E-state index is -2.85.